The third-order valence-corrected chi connectivity index (χ3v) is 5.07. The highest BCUT2D eigenvalue weighted by molar-refractivity contribution is 5.01. The molecule has 1 N–H and O–H groups in total. The minimum absolute atomic E-state index is 0.653. The van der Waals surface area contributed by atoms with Gasteiger partial charge in [0.25, 0.3) is 0 Å². The summed E-state index contributed by atoms with van der Waals surface area (Å²) in [7, 11) is 2.28. The first-order chi connectivity index (χ1) is 8.04. The van der Waals surface area contributed by atoms with Gasteiger partial charge in [-0.25, -0.2) is 0 Å². The zero-order valence-electron chi connectivity index (χ0n) is 12.1. The van der Waals surface area contributed by atoms with Crippen LogP contribution in [0.5, 0.6) is 0 Å². The minimum atomic E-state index is 0.653. The van der Waals surface area contributed by atoms with Crippen LogP contribution in [0.1, 0.15) is 59.3 Å². The molecular weight excluding hydrogens is 208 g/mol. The van der Waals surface area contributed by atoms with Crippen LogP contribution in [0.3, 0.4) is 0 Å². The van der Waals surface area contributed by atoms with E-state index < -0.39 is 0 Å². The van der Waals surface area contributed by atoms with Crippen molar-refractivity contribution in [3.8, 4) is 0 Å². The van der Waals surface area contributed by atoms with Gasteiger partial charge in [0.1, 0.15) is 0 Å². The first kappa shape index (κ1) is 13.4. The van der Waals surface area contributed by atoms with Crippen molar-refractivity contribution in [2.75, 3.05) is 13.6 Å². The summed E-state index contributed by atoms with van der Waals surface area (Å²) in [4.78, 5) is 2.54. The van der Waals surface area contributed by atoms with Crippen molar-refractivity contribution in [1.82, 2.24) is 10.2 Å². The standard InChI is InChI=1S/C15H30N2/c1-5-17(4)14-6-8-15(9-7-14)10-13(11-15)16-12(2)3/h12-14,16H,5-11H2,1-4H3. The summed E-state index contributed by atoms with van der Waals surface area (Å²) in [6.07, 6.45) is 8.68. The smallest absolute Gasteiger partial charge is 0.00925 e. The van der Waals surface area contributed by atoms with Gasteiger partial charge in [-0.2, -0.15) is 0 Å². The van der Waals surface area contributed by atoms with Crippen LogP contribution in [0, 0.1) is 5.41 Å². The van der Waals surface area contributed by atoms with Crippen molar-refractivity contribution < 1.29 is 0 Å². The van der Waals surface area contributed by atoms with E-state index in [0.29, 0.717) is 6.04 Å². The Balaban J connectivity index is 1.74. The topological polar surface area (TPSA) is 15.3 Å². The average molecular weight is 238 g/mol. The van der Waals surface area contributed by atoms with E-state index in [4.69, 9.17) is 0 Å². The van der Waals surface area contributed by atoms with Gasteiger partial charge < -0.3 is 10.2 Å². The molecule has 2 fully saturated rings. The van der Waals surface area contributed by atoms with Crippen LogP contribution < -0.4 is 5.32 Å². The van der Waals surface area contributed by atoms with E-state index in [-0.39, 0.29) is 0 Å². The lowest BCUT2D eigenvalue weighted by atomic mass is 9.57. The number of rotatable bonds is 4. The average Bonchev–Trinajstić information content (AvgIpc) is 2.26. The van der Waals surface area contributed by atoms with Crippen molar-refractivity contribution >= 4 is 0 Å². The Kier molecular flexibility index (Phi) is 4.14. The summed E-state index contributed by atoms with van der Waals surface area (Å²) in [6.45, 7) is 8.00. The summed E-state index contributed by atoms with van der Waals surface area (Å²) in [6, 6.07) is 2.33. The van der Waals surface area contributed by atoms with E-state index >= 15 is 0 Å². The molecule has 2 rings (SSSR count). The predicted molar refractivity (Wildman–Crippen MR) is 74.3 cm³/mol. The Labute approximate surface area is 107 Å². The fourth-order valence-corrected chi connectivity index (χ4v) is 3.90. The molecule has 2 aliphatic rings. The molecule has 0 saturated heterocycles. The van der Waals surface area contributed by atoms with Crippen molar-refractivity contribution in [1.29, 1.82) is 0 Å². The van der Waals surface area contributed by atoms with Crippen LogP contribution in [0.2, 0.25) is 0 Å². The molecule has 2 nitrogen and oxygen atoms in total. The van der Waals surface area contributed by atoms with E-state index in [1.807, 2.05) is 0 Å². The third kappa shape index (κ3) is 3.03. The van der Waals surface area contributed by atoms with Crippen LogP contribution in [-0.2, 0) is 0 Å². The molecule has 100 valence electrons. The molecule has 2 aliphatic carbocycles. The van der Waals surface area contributed by atoms with E-state index in [9.17, 15) is 0 Å². The Bertz CT molecular complexity index is 233. The van der Waals surface area contributed by atoms with E-state index in [2.05, 4.69) is 38.0 Å². The van der Waals surface area contributed by atoms with Gasteiger partial charge in [0.2, 0.25) is 0 Å². The Hall–Kier alpha value is -0.0800. The molecule has 0 aromatic heterocycles. The molecular formula is C15H30N2. The molecule has 2 saturated carbocycles. The lowest BCUT2D eigenvalue weighted by molar-refractivity contribution is 0.00891. The molecule has 0 heterocycles. The lowest BCUT2D eigenvalue weighted by Gasteiger charge is -2.53. The van der Waals surface area contributed by atoms with Gasteiger partial charge >= 0.3 is 0 Å². The molecule has 1 spiro atoms. The highest BCUT2D eigenvalue weighted by atomic mass is 15.1. The minimum Gasteiger partial charge on any atom is -0.312 e. The Morgan fingerprint density at radius 1 is 1.24 bits per heavy atom. The van der Waals surface area contributed by atoms with E-state index in [0.717, 1.165) is 17.5 Å². The zero-order valence-corrected chi connectivity index (χ0v) is 12.1. The van der Waals surface area contributed by atoms with Gasteiger partial charge in [0.05, 0.1) is 0 Å². The second-order valence-electron chi connectivity index (χ2n) is 6.73. The quantitative estimate of drug-likeness (QED) is 0.810. The van der Waals surface area contributed by atoms with Crippen molar-refractivity contribution in [2.45, 2.75) is 77.4 Å². The Morgan fingerprint density at radius 2 is 1.82 bits per heavy atom. The van der Waals surface area contributed by atoms with Crippen LogP contribution in [0.4, 0.5) is 0 Å². The molecule has 0 radical (unpaired) electrons. The highest BCUT2D eigenvalue weighted by Crippen LogP contribution is 2.52. The number of hydrogen-bond donors (Lipinski definition) is 1. The van der Waals surface area contributed by atoms with Crippen LogP contribution in [0.15, 0.2) is 0 Å². The SMILES string of the molecule is CCN(C)C1CCC2(CC1)CC(NC(C)C)C2. The summed E-state index contributed by atoms with van der Waals surface area (Å²) >= 11 is 0. The molecule has 0 aliphatic heterocycles. The van der Waals surface area contributed by atoms with Crippen molar-refractivity contribution in [3.05, 3.63) is 0 Å². The number of hydrogen-bond acceptors (Lipinski definition) is 2. The van der Waals surface area contributed by atoms with Gasteiger partial charge in [-0.3, -0.25) is 0 Å². The van der Waals surface area contributed by atoms with E-state index in [1.165, 1.54) is 45.1 Å². The summed E-state index contributed by atoms with van der Waals surface area (Å²) < 4.78 is 0. The fourth-order valence-electron chi connectivity index (χ4n) is 3.90. The maximum absolute atomic E-state index is 3.69. The largest absolute Gasteiger partial charge is 0.312 e. The molecule has 2 heteroatoms. The highest BCUT2D eigenvalue weighted by Gasteiger charge is 2.46. The first-order valence-corrected chi connectivity index (χ1v) is 7.51. The third-order valence-electron chi connectivity index (χ3n) is 5.07. The molecule has 17 heavy (non-hydrogen) atoms. The molecule has 0 aromatic carbocycles. The number of nitrogens with one attached hydrogen (secondary N) is 1. The summed E-state index contributed by atoms with van der Waals surface area (Å²) in [5.74, 6) is 0. The van der Waals surface area contributed by atoms with Gasteiger partial charge in [-0.05, 0) is 57.5 Å². The van der Waals surface area contributed by atoms with E-state index in [1.54, 1.807) is 0 Å². The lowest BCUT2D eigenvalue weighted by Crippen LogP contribution is -2.53. The molecule has 0 unspecified atom stereocenters. The van der Waals surface area contributed by atoms with Crippen molar-refractivity contribution in [2.24, 2.45) is 5.41 Å². The second-order valence-corrected chi connectivity index (χ2v) is 6.73. The fraction of sp³-hybridized carbons (Fsp3) is 1.00. The Morgan fingerprint density at radius 3 is 2.29 bits per heavy atom. The van der Waals surface area contributed by atoms with Gasteiger partial charge in [0.15, 0.2) is 0 Å². The molecule has 0 atom stereocenters. The maximum atomic E-state index is 3.69. The second kappa shape index (κ2) is 5.27. The maximum Gasteiger partial charge on any atom is 0.00925 e. The van der Waals surface area contributed by atoms with Gasteiger partial charge in [-0.15, -0.1) is 0 Å². The molecule has 0 aromatic rings. The van der Waals surface area contributed by atoms with Crippen LogP contribution in [-0.4, -0.2) is 36.6 Å². The monoisotopic (exact) mass is 238 g/mol. The van der Waals surface area contributed by atoms with Gasteiger partial charge in [-0.1, -0.05) is 20.8 Å². The normalized spacial score (nSPS) is 37.8. The summed E-state index contributed by atoms with van der Waals surface area (Å²) in [5, 5.41) is 3.69. The van der Waals surface area contributed by atoms with Crippen molar-refractivity contribution in [3.63, 3.8) is 0 Å². The van der Waals surface area contributed by atoms with Crippen LogP contribution in [0.25, 0.3) is 0 Å². The molecule has 0 bridgehead atoms. The van der Waals surface area contributed by atoms with Gasteiger partial charge in [0, 0.05) is 18.1 Å². The van der Waals surface area contributed by atoms with Crippen LogP contribution >= 0.6 is 0 Å². The zero-order chi connectivity index (χ0) is 12.5. The summed E-state index contributed by atoms with van der Waals surface area (Å²) in [5.41, 5.74) is 0.734. The number of nitrogens with zero attached hydrogens (tertiary/aromatic N) is 1. The predicted octanol–water partition coefficient (Wildman–Crippen LogP) is 3.03. The first-order valence-electron chi connectivity index (χ1n) is 7.51. The molecule has 0 amide bonds.